The topological polar surface area (TPSA) is 53.3 Å². The fourth-order valence-corrected chi connectivity index (χ4v) is 1.96. The number of fused-ring (bicyclic) bond motifs is 1. The lowest BCUT2D eigenvalue weighted by atomic mass is 9.98. The van der Waals surface area contributed by atoms with E-state index in [4.69, 9.17) is 10.00 Å². The zero-order valence-electron chi connectivity index (χ0n) is 9.88. The number of hydrogen-bond acceptors (Lipinski definition) is 3. The first-order chi connectivity index (χ1) is 8.19. The Hall–Kier alpha value is -2.02. The van der Waals surface area contributed by atoms with Crippen LogP contribution in [0, 0.1) is 17.2 Å². The monoisotopic (exact) mass is 230 g/mol. The van der Waals surface area contributed by atoms with Gasteiger partial charge in [-0.05, 0) is 18.6 Å². The van der Waals surface area contributed by atoms with Crippen molar-refractivity contribution in [3.63, 3.8) is 0 Å². The van der Waals surface area contributed by atoms with Crippen molar-refractivity contribution in [3.05, 3.63) is 24.3 Å². The number of ether oxygens (including phenoxy) is 1. The molecule has 4 nitrogen and oxygen atoms in total. The van der Waals surface area contributed by atoms with Gasteiger partial charge in [0.1, 0.15) is 5.75 Å². The number of benzene rings is 1. The Balaban J connectivity index is 2.38. The number of rotatable bonds is 2. The molecule has 1 aliphatic heterocycles. The van der Waals surface area contributed by atoms with E-state index in [2.05, 4.69) is 6.07 Å². The fraction of sp³-hybridized carbons (Fsp3) is 0.385. The van der Waals surface area contributed by atoms with Crippen molar-refractivity contribution in [3.8, 4) is 11.8 Å². The molecular formula is C13H14N2O2. The van der Waals surface area contributed by atoms with Gasteiger partial charge in [-0.2, -0.15) is 5.26 Å². The van der Waals surface area contributed by atoms with Gasteiger partial charge in [0, 0.05) is 7.05 Å². The zero-order valence-corrected chi connectivity index (χ0v) is 9.88. The van der Waals surface area contributed by atoms with Crippen LogP contribution in [0.25, 0.3) is 0 Å². The largest absolute Gasteiger partial charge is 0.477 e. The van der Waals surface area contributed by atoms with E-state index in [0.717, 1.165) is 5.69 Å². The van der Waals surface area contributed by atoms with Crippen LogP contribution in [0.3, 0.4) is 0 Å². The van der Waals surface area contributed by atoms with E-state index in [1.807, 2.05) is 31.2 Å². The number of nitrogens with zero attached hydrogens (tertiary/aromatic N) is 2. The van der Waals surface area contributed by atoms with E-state index in [1.165, 1.54) is 0 Å². The molecular weight excluding hydrogens is 216 g/mol. The maximum absolute atomic E-state index is 12.1. The third-order valence-corrected chi connectivity index (χ3v) is 3.03. The average molecular weight is 230 g/mol. The molecule has 0 spiro atoms. The molecule has 1 aromatic carbocycles. The summed E-state index contributed by atoms with van der Waals surface area (Å²) in [7, 11) is 1.71. The summed E-state index contributed by atoms with van der Waals surface area (Å²) in [6.07, 6.45) is -0.0898. The second-order valence-corrected chi connectivity index (χ2v) is 4.05. The predicted octanol–water partition coefficient (Wildman–Crippen LogP) is 1.96. The Morgan fingerprint density at radius 3 is 2.88 bits per heavy atom. The first-order valence-corrected chi connectivity index (χ1v) is 5.62. The quantitative estimate of drug-likeness (QED) is 0.780. The second-order valence-electron chi connectivity index (χ2n) is 4.05. The van der Waals surface area contributed by atoms with Crippen LogP contribution in [-0.2, 0) is 4.79 Å². The molecule has 0 N–H and O–H groups in total. The first-order valence-electron chi connectivity index (χ1n) is 5.62. The molecule has 1 aliphatic rings. The SMILES string of the molecule is CCC(C#N)C1Oc2ccccc2N(C)C1=O. The Morgan fingerprint density at radius 1 is 1.53 bits per heavy atom. The van der Waals surface area contributed by atoms with E-state index in [-0.39, 0.29) is 5.91 Å². The highest BCUT2D eigenvalue weighted by molar-refractivity contribution is 5.99. The van der Waals surface area contributed by atoms with Crippen LogP contribution in [0.2, 0.25) is 0 Å². The summed E-state index contributed by atoms with van der Waals surface area (Å²) in [5.41, 5.74) is 0.751. The predicted molar refractivity (Wildman–Crippen MR) is 63.7 cm³/mol. The molecule has 0 saturated carbocycles. The van der Waals surface area contributed by atoms with Crippen molar-refractivity contribution in [2.45, 2.75) is 19.4 Å². The molecule has 0 bridgehead atoms. The molecule has 4 heteroatoms. The van der Waals surface area contributed by atoms with Gasteiger partial charge in [-0.25, -0.2) is 0 Å². The van der Waals surface area contributed by atoms with Gasteiger partial charge in [0.25, 0.3) is 5.91 Å². The van der Waals surface area contributed by atoms with Gasteiger partial charge in [-0.15, -0.1) is 0 Å². The van der Waals surface area contributed by atoms with Crippen LogP contribution < -0.4 is 9.64 Å². The number of carbonyl (C=O) groups excluding carboxylic acids is 1. The smallest absolute Gasteiger partial charge is 0.269 e. The maximum Gasteiger partial charge on any atom is 0.269 e. The molecule has 0 aromatic heterocycles. The number of carbonyl (C=O) groups is 1. The van der Waals surface area contributed by atoms with Crippen LogP contribution >= 0.6 is 0 Å². The van der Waals surface area contributed by atoms with Gasteiger partial charge in [0.2, 0.25) is 0 Å². The molecule has 0 fully saturated rings. The maximum atomic E-state index is 12.1. The number of amides is 1. The average Bonchev–Trinajstić information content (AvgIpc) is 2.37. The Morgan fingerprint density at radius 2 is 2.24 bits per heavy atom. The molecule has 1 aromatic rings. The van der Waals surface area contributed by atoms with E-state index >= 15 is 0 Å². The van der Waals surface area contributed by atoms with E-state index in [1.54, 1.807) is 11.9 Å². The highest BCUT2D eigenvalue weighted by atomic mass is 16.5. The van der Waals surface area contributed by atoms with Crippen molar-refractivity contribution in [1.29, 1.82) is 5.26 Å². The van der Waals surface area contributed by atoms with E-state index in [9.17, 15) is 4.79 Å². The molecule has 1 amide bonds. The molecule has 2 rings (SSSR count). The van der Waals surface area contributed by atoms with E-state index in [0.29, 0.717) is 12.2 Å². The number of hydrogen-bond donors (Lipinski definition) is 0. The Kier molecular flexibility index (Phi) is 3.01. The van der Waals surface area contributed by atoms with Crippen LogP contribution in [0.4, 0.5) is 5.69 Å². The molecule has 2 unspecified atom stereocenters. The summed E-state index contributed by atoms with van der Waals surface area (Å²) in [6, 6.07) is 9.48. The summed E-state index contributed by atoms with van der Waals surface area (Å²) in [4.78, 5) is 13.7. The highest BCUT2D eigenvalue weighted by Gasteiger charge is 2.37. The first kappa shape index (κ1) is 11.5. The highest BCUT2D eigenvalue weighted by Crippen LogP contribution is 2.34. The molecule has 0 aliphatic carbocycles. The third kappa shape index (κ3) is 1.84. The zero-order chi connectivity index (χ0) is 12.4. The van der Waals surface area contributed by atoms with Crippen molar-refractivity contribution >= 4 is 11.6 Å². The minimum absolute atomic E-state index is 0.155. The molecule has 0 radical (unpaired) electrons. The van der Waals surface area contributed by atoms with Gasteiger partial charge in [-0.1, -0.05) is 19.1 Å². The molecule has 1 heterocycles. The van der Waals surface area contributed by atoms with Gasteiger partial charge >= 0.3 is 0 Å². The standard InChI is InChI=1S/C13H14N2O2/c1-3-9(8-14)12-13(16)15(2)10-6-4-5-7-11(10)17-12/h4-7,9,12H,3H2,1-2H3. The van der Waals surface area contributed by atoms with Gasteiger partial charge in [0.15, 0.2) is 6.10 Å². The summed E-state index contributed by atoms with van der Waals surface area (Å²) >= 11 is 0. The van der Waals surface area contributed by atoms with Crippen molar-refractivity contribution in [1.82, 2.24) is 0 Å². The second kappa shape index (κ2) is 4.46. The Bertz CT molecular complexity index is 479. The van der Waals surface area contributed by atoms with Crippen LogP contribution in [0.5, 0.6) is 5.75 Å². The van der Waals surface area contributed by atoms with Crippen LogP contribution in [0.1, 0.15) is 13.3 Å². The summed E-state index contributed by atoms with van der Waals surface area (Å²) in [5.74, 6) is 0.101. The normalized spacial score (nSPS) is 20.2. The molecule has 2 atom stereocenters. The van der Waals surface area contributed by atoms with Crippen molar-refractivity contribution < 1.29 is 9.53 Å². The minimum Gasteiger partial charge on any atom is -0.477 e. The number of nitriles is 1. The lowest BCUT2D eigenvalue weighted by molar-refractivity contribution is -0.127. The number of anilines is 1. The lowest BCUT2D eigenvalue weighted by Crippen LogP contribution is -2.47. The van der Waals surface area contributed by atoms with Crippen molar-refractivity contribution in [2.24, 2.45) is 5.92 Å². The number of likely N-dealkylation sites (N-methyl/N-ethyl adjacent to an activating group) is 1. The molecule has 0 saturated heterocycles. The minimum atomic E-state index is -0.690. The summed E-state index contributed by atoms with van der Waals surface area (Å²) in [6.45, 7) is 1.88. The van der Waals surface area contributed by atoms with Crippen LogP contribution in [-0.4, -0.2) is 19.1 Å². The van der Waals surface area contributed by atoms with E-state index < -0.39 is 12.0 Å². The number of para-hydroxylation sites is 2. The van der Waals surface area contributed by atoms with Crippen molar-refractivity contribution in [2.75, 3.05) is 11.9 Å². The summed E-state index contributed by atoms with van der Waals surface area (Å²) < 4.78 is 5.64. The van der Waals surface area contributed by atoms with Gasteiger partial charge < -0.3 is 9.64 Å². The van der Waals surface area contributed by atoms with Gasteiger partial charge in [0.05, 0.1) is 17.7 Å². The third-order valence-electron chi connectivity index (χ3n) is 3.03. The Labute approximate surface area is 100 Å². The molecule has 88 valence electrons. The molecule has 17 heavy (non-hydrogen) atoms. The van der Waals surface area contributed by atoms with Crippen LogP contribution in [0.15, 0.2) is 24.3 Å². The fourth-order valence-electron chi connectivity index (χ4n) is 1.96. The van der Waals surface area contributed by atoms with Gasteiger partial charge in [-0.3, -0.25) is 4.79 Å². The summed E-state index contributed by atoms with van der Waals surface area (Å²) in [5, 5.41) is 9.03. The lowest BCUT2D eigenvalue weighted by Gasteiger charge is -2.33.